The Morgan fingerprint density at radius 2 is 2.04 bits per heavy atom. The van der Waals surface area contributed by atoms with Crippen LogP contribution in [0.1, 0.15) is 16.7 Å². The fourth-order valence-corrected chi connectivity index (χ4v) is 3.02. The monoisotopic (exact) mass is 365 g/mol. The zero-order valence-electron chi connectivity index (χ0n) is 12.7. The number of pyridine rings is 1. The van der Waals surface area contributed by atoms with Crippen molar-refractivity contribution in [2.75, 3.05) is 7.11 Å². The predicted molar refractivity (Wildman–Crippen MR) is 91.1 cm³/mol. The number of halogens is 2. The highest BCUT2D eigenvalue weighted by Gasteiger charge is 2.24. The Balaban J connectivity index is 2.06. The molecule has 3 rings (SSSR count). The summed E-state index contributed by atoms with van der Waals surface area (Å²) in [5.41, 5.74) is 2.87. The molecule has 124 valence electrons. The smallest absolute Gasteiger partial charge is 0.428 e. The summed E-state index contributed by atoms with van der Waals surface area (Å²) in [7, 11) is 1.56. The summed E-state index contributed by atoms with van der Waals surface area (Å²) >= 11 is 12.3. The minimum Gasteiger partial charge on any atom is -0.497 e. The summed E-state index contributed by atoms with van der Waals surface area (Å²) in [5, 5.41) is 15.3. The first-order valence-electron chi connectivity index (χ1n) is 7.02. The molecule has 1 N–H and O–H groups in total. The molecule has 0 saturated heterocycles. The lowest BCUT2D eigenvalue weighted by molar-refractivity contribution is 0.143. The van der Waals surface area contributed by atoms with E-state index >= 15 is 0 Å². The molecule has 8 heteroatoms. The third-order valence-electron chi connectivity index (χ3n) is 3.70. The number of nitrogens with zero attached hydrogens (tertiary/aromatic N) is 3. The number of methoxy groups -OCH3 is 1. The lowest BCUT2D eigenvalue weighted by atomic mass is 9.96. The first-order chi connectivity index (χ1) is 11.5. The highest BCUT2D eigenvalue weighted by molar-refractivity contribution is 6.36. The molecular formula is C16H13Cl2N3O3. The molecule has 0 radical (unpaired) electrons. The Morgan fingerprint density at radius 1 is 1.33 bits per heavy atom. The van der Waals surface area contributed by atoms with Crippen molar-refractivity contribution in [3.63, 3.8) is 0 Å². The van der Waals surface area contributed by atoms with Crippen LogP contribution >= 0.6 is 23.2 Å². The third kappa shape index (κ3) is 3.16. The largest absolute Gasteiger partial charge is 0.497 e. The van der Waals surface area contributed by atoms with Gasteiger partial charge in [-0.15, -0.1) is 0 Å². The number of rotatable bonds is 3. The third-order valence-corrected chi connectivity index (χ3v) is 4.35. The number of ether oxygens (including phenoxy) is 1. The van der Waals surface area contributed by atoms with Crippen LogP contribution in [-0.4, -0.2) is 34.0 Å². The standard InChI is InChI=1S/C16H13Cl2N3O3/c1-24-10-2-3-11-9(4-10)8-21(16(22)23)20-15(11)5-12-13(17)6-19-7-14(12)18/h2-4,6-7H,5,8H2,1H3,(H,22,23). The van der Waals surface area contributed by atoms with Gasteiger partial charge >= 0.3 is 6.09 Å². The molecule has 24 heavy (non-hydrogen) atoms. The summed E-state index contributed by atoms with van der Waals surface area (Å²) in [6.07, 6.45) is 2.16. The lowest BCUT2D eigenvalue weighted by Crippen LogP contribution is -2.31. The van der Waals surface area contributed by atoms with Crippen molar-refractivity contribution in [3.8, 4) is 5.75 Å². The average Bonchev–Trinajstić information content (AvgIpc) is 2.57. The molecule has 1 aliphatic rings. The zero-order valence-corrected chi connectivity index (χ0v) is 14.2. The fourth-order valence-electron chi connectivity index (χ4n) is 2.52. The normalized spacial score (nSPS) is 13.3. The van der Waals surface area contributed by atoms with E-state index < -0.39 is 6.09 Å². The molecule has 1 aromatic carbocycles. The maximum absolute atomic E-state index is 11.4. The van der Waals surface area contributed by atoms with Gasteiger partial charge in [0.25, 0.3) is 0 Å². The van der Waals surface area contributed by atoms with Crippen molar-refractivity contribution in [3.05, 3.63) is 57.3 Å². The number of carboxylic acid groups (broad SMARTS) is 1. The van der Waals surface area contributed by atoms with Gasteiger partial charge < -0.3 is 9.84 Å². The van der Waals surface area contributed by atoms with Crippen LogP contribution in [0, 0.1) is 0 Å². The van der Waals surface area contributed by atoms with Crippen molar-refractivity contribution >= 4 is 35.0 Å². The van der Waals surface area contributed by atoms with Crippen LogP contribution in [0.25, 0.3) is 0 Å². The number of hydrogen-bond donors (Lipinski definition) is 1. The molecule has 1 aromatic heterocycles. The van der Waals surface area contributed by atoms with Gasteiger partial charge in [0.2, 0.25) is 0 Å². The second-order valence-electron chi connectivity index (χ2n) is 5.17. The van der Waals surface area contributed by atoms with E-state index in [9.17, 15) is 9.90 Å². The Bertz CT molecular complexity index is 819. The molecule has 2 heterocycles. The predicted octanol–water partition coefficient (Wildman–Crippen LogP) is 3.84. The van der Waals surface area contributed by atoms with E-state index in [4.69, 9.17) is 27.9 Å². The molecule has 1 aliphatic heterocycles. The molecule has 0 unspecified atom stereocenters. The number of benzene rings is 1. The van der Waals surface area contributed by atoms with Gasteiger partial charge in [-0.25, -0.2) is 4.79 Å². The van der Waals surface area contributed by atoms with Gasteiger partial charge in [-0.05, 0) is 29.3 Å². The Labute approximate surface area is 148 Å². The Kier molecular flexibility index (Phi) is 4.59. The first-order valence-corrected chi connectivity index (χ1v) is 7.78. The summed E-state index contributed by atoms with van der Waals surface area (Å²) in [5.74, 6) is 0.653. The Hall–Kier alpha value is -2.31. The number of hydrazone groups is 1. The van der Waals surface area contributed by atoms with Gasteiger partial charge in [0.05, 0.1) is 29.4 Å². The van der Waals surface area contributed by atoms with Crippen LogP contribution in [0.3, 0.4) is 0 Å². The van der Waals surface area contributed by atoms with Gasteiger partial charge in [-0.1, -0.05) is 23.2 Å². The van der Waals surface area contributed by atoms with E-state index in [2.05, 4.69) is 10.1 Å². The van der Waals surface area contributed by atoms with Crippen LogP contribution < -0.4 is 4.74 Å². The van der Waals surface area contributed by atoms with Gasteiger partial charge in [-0.3, -0.25) is 4.98 Å². The minimum absolute atomic E-state index is 0.156. The van der Waals surface area contributed by atoms with E-state index in [0.29, 0.717) is 33.5 Å². The number of amides is 1. The molecular weight excluding hydrogens is 353 g/mol. The molecule has 2 aromatic rings. The van der Waals surface area contributed by atoms with Crippen molar-refractivity contribution in [1.82, 2.24) is 9.99 Å². The summed E-state index contributed by atoms with van der Waals surface area (Å²) < 4.78 is 5.21. The lowest BCUT2D eigenvalue weighted by Gasteiger charge is -2.24. The van der Waals surface area contributed by atoms with Crippen LogP contribution in [0.15, 0.2) is 35.7 Å². The second-order valence-corrected chi connectivity index (χ2v) is 5.98. The quantitative estimate of drug-likeness (QED) is 0.896. The van der Waals surface area contributed by atoms with Gasteiger partial charge in [-0.2, -0.15) is 10.1 Å². The van der Waals surface area contributed by atoms with Gasteiger partial charge in [0, 0.05) is 24.4 Å². The topological polar surface area (TPSA) is 75.0 Å². The summed E-state index contributed by atoms with van der Waals surface area (Å²) in [6.45, 7) is 0.156. The molecule has 0 atom stereocenters. The first kappa shape index (κ1) is 16.5. The Morgan fingerprint density at radius 3 is 2.67 bits per heavy atom. The molecule has 1 amide bonds. The number of hydrogen-bond acceptors (Lipinski definition) is 4. The van der Waals surface area contributed by atoms with Gasteiger partial charge in [0.1, 0.15) is 5.75 Å². The van der Waals surface area contributed by atoms with E-state index in [0.717, 1.165) is 16.1 Å². The molecule has 0 fully saturated rings. The fraction of sp³-hybridized carbons (Fsp3) is 0.188. The van der Waals surface area contributed by atoms with E-state index in [1.54, 1.807) is 19.2 Å². The number of fused-ring (bicyclic) bond motifs is 1. The average molecular weight is 366 g/mol. The van der Waals surface area contributed by atoms with Crippen LogP contribution in [0.4, 0.5) is 4.79 Å². The molecule has 0 bridgehead atoms. The second kappa shape index (κ2) is 6.67. The highest BCUT2D eigenvalue weighted by Crippen LogP contribution is 2.29. The molecule has 0 spiro atoms. The van der Waals surface area contributed by atoms with Crippen LogP contribution in [0.5, 0.6) is 5.75 Å². The van der Waals surface area contributed by atoms with Crippen LogP contribution in [-0.2, 0) is 13.0 Å². The number of aromatic nitrogens is 1. The number of carbonyl (C=O) groups is 1. The van der Waals surface area contributed by atoms with Crippen LogP contribution in [0.2, 0.25) is 10.0 Å². The minimum atomic E-state index is -1.13. The molecule has 0 aliphatic carbocycles. The van der Waals surface area contributed by atoms with E-state index in [-0.39, 0.29) is 6.54 Å². The molecule has 6 nitrogen and oxygen atoms in total. The molecule has 0 saturated carbocycles. The highest BCUT2D eigenvalue weighted by atomic mass is 35.5. The van der Waals surface area contributed by atoms with Crippen molar-refractivity contribution in [1.29, 1.82) is 0 Å². The summed E-state index contributed by atoms with van der Waals surface area (Å²) in [4.78, 5) is 15.3. The van der Waals surface area contributed by atoms with Gasteiger partial charge in [0.15, 0.2) is 0 Å². The maximum Gasteiger partial charge on any atom is 0.428 e. The van der Waals surface area contributed by atoms with E-state index in [1.807, 2.05) is 6.07 Å². The SMILES string of the molecule is COc1ccc2c(c1)CN(C(=O)O)N=C2Cc1c(Cl)cncc1Cl. The summed E-state index contributed by atoms with van der Waals surface area (Å²) in [6, 6.07) is 5.46. The zero-order chi connectivity index (χ0) is 17.3. The van der Waals surface area contributed by atoms with Crippen molar-refractivity contribution < 1.29 is 14.6 Å². The van der Waals surface area contributed by atoms with Crippen molar-refractivity contribution in [2.24, 2.45) is 5.10 Å². The van der Waals surface area contributed by atoms with E-state index in [1.165, 1.54) is 12.4 Å². The van der Waals surface area contributed by atoms with Crippen molar-refractivity contribution in [2.45, 2.75) is 13.0 Å². The maximum atomic E-state index is 11.4.